The average molecular weight is 262 g/mol. The number of fused-ring (bicyclic) bond motifs is 7. The molecule has 5 heteroatoms. The van der Waals surface area contributed by atoms with Gasteiger partial charge in [0.1, 0.15) is 12.1 Å². The lowest BCUT2D eigenvalue weighted by atomic mass is 10.2. The van der Waals surface area contributed by atoms with E-state index < -0.39 is 0 Å². The molecule has 0 saturated heterocycles. The lowest BCUT2D eigenvalue weighted by Gasteiger charge is -1.94. The fraction of sp³-hybridized carbons (Fsp3) is 0.133. The van der Waals surface area contributed by atoms with Gasteiger partial charge in [0.2, 0.25) is 5.52 Å². The Bertz CT molecular complexity index is 992. The van der Waals surface area contributed by atoms with Crippen molar-refractivity contribution >= 4 is 16.6 Å². The highest BCUT2D eigenvalue weighted by atomic mass is 15.3. The molecule has 4 aromatic heterocycles. The van der Waals surface area contributed by atoms with E-state index in [4.69, 9.17) is 0 Å². The molecular formula is C15H12N5+. The monoisotopic (exact) mass is 262 g/mol. The SMILES string of the molecule is Cn1c2[n+](c3c1cn1ncccc31)Cc1cnccc1-2. The molecule has 0 N–H and O–H groups in total. The van der Waals surface area contributed by atoms with E-state index in [1.165, 1.54) is 28.0 Å². The highest BCUT2D eigenvalue weighted by Crippen LogP contribution is 2.31. The van der Waals surface area contributed by atoms with E-state index in [0.717, 1.165) is 12.1 Å². The maximum absolute atomic E-state index is 4.38. The predicted molar refractivity (Wildman–Crippen MR) is 74.2 cm³/mol. The van der Waals surface area contributed by atoms with Gasteiger partial charge in [0.25, 0.3) is 5.82 Å². The minimum Gasteiger partial charge on any atom is -0.264 e. The molecule has 0 atom stereocenters. The van der Waals surface area contributed by atoms with Gasteiger partial charge in [-0.3, -0.25) is 4.98 Å². The van der Waals surface area contributed by atoms with Gasteiger partial charge in [-0.05, 0) is 18.2 Å². The minimum atomic E-state index is 0.879. The topological polar surface area (TPSA) is 39.0 Å². The van der Waals surface area contributed by atoms with Gasteiger partial charge in [-0.15, -0.1) is 0 Å². The number of nitrogens with zero attached hydrogens (tertiary/aromatic N) is 5. The Morgan fingerprint density at radius 3 is 3.10 bits per heavy atom. The number of rotatable bonds is 0. The Hall–Kier alpha value is -2.69. The third-order valence-corrected chi connectivity index (χ3v) is 4.19. The Morgan fingerprint density at radius 2 is 2.15 bits per heavy atom. The second kappa shape index (κ2) is 3.25. The summed E-state index contributed by atoms with van der Waals surface area (Å²) in [5.41, 5.74) is 6.15. The fourth-order valence-electron chi connectivity index (χ4n) is 3.33. The van der Waals surface area contributed by atoms with Gasteiger partial charge < -0.3 is 0 Å². The van der Waals surface area contributed by atoms with E-state index in [1.54, 1.807) is 0 Å². The van der Waals surface area contributed by atoms with Crippen LogP contribution >= 0.6 is 0 Å². The van der Waals surface area contributed by atoms with Crippen molar-refractivity contribution in [2.24, 2.45) is 7.05 Å². The highest BCUT2D eigenvalue weighted by Gasteiger charge is 2.34. The van der Waals surface area contributed by atoms with Crippen molar-refractivity contribution in [2.45, 2.75) is 6.54 Å². The van der Waals surface area contributed by atoms with Gasteiger partial charge in [0, 0.05) is 24.2 Å². The largest absolute Gasteiger partial charge is 0.290 e. The number of imidazole rings is 1. The average Bonchev–Trinajstić information content (AvgIpc) is 3.10. The molecule has 0 bridgehead atoms. The minimum absolute atomic E-state index is 0.879. The van der Waals surface area contributed by atoms with Crippen LogP contribution in [0.25, 0.3) is 27.9 Å². The zero-order valence-electron chi connectivity index (χ0n) is 11.0. The Labute approximate surface area is 114 Å². The van der Waals surface area contributed by atoms with Crippen LogP contribution in [0, 0.1) is 0 Å². The molecule has 0 spiro atoms. The summed E-state index contributed by atoms with van der Waals surface area (Å²) < 4.78 is 6.55. The van der Waals surface area contributed by atoms with Crippen molar-refractivity contribution in [3.8, 4) is 11.4 Å². The van der Waals surface area contributed by atoms with Crippen molar-refractivity contribution in [3.63, 3.8) is 0 Å². The molecule has 0 amide bonds. The zero-order chi connectivity index (χ0) is 13.3. The van der Waals surface area contributed by atoms with Crippen molar-refractivity contribution in [1.29, 1.82) is 0 Å². The molecule has 5 rings (SSSR count). The van der Waals surface area contributed by atoms with Gasteiger partial charge in [0.15, 0.2) is 5.52 Å². The molecule has 0 unspecified atom stereocenters. The molecule has 5 nitrogen and oxygen atoms in total. The molecule has 1 aliphatic heterocycles. The summed E-state index contributed by atoms with van der Waals surface area (Å²) in [5, 5.41) is 4.38. The summed E-state index contributed by atoms with van der Waals surface area (Å²) in [6, 6.07) is 6.20. The molecule has 0 fully saturated rings. The molecule has 96 valence electrons. The smallest absolute Gasteiger partial charge is 0.264 e. The van der Waals surface area contributed by atoms with Crippen molar-refractivity contribution in [1.82, 2.24) is 19.2 Å². The zero-order valence-corrected chi connectivity index (χ0v) is 11.0. The van der Waals surface area contributed by atoms with E-state index in [9.17, 15) is 0 Å². The third-order valence-electron chi connectivity index (χ3n) is 4.19. The molecule has 0 saturated carbocycles. The maximum Gasteiger partial charge on any atom is 0.290 e. The van der Waals surface area contributed by atoms with Crippen LogP contribution in [0.2, 0.25) is 0 Å². The van der Waals surface area contributed by atoms with E-state index in [0.29, 0.717) is 0 Å². The summed E-state index contributed by atoms with van der Waals surface area (Å²) in [6.45, 7) is 0.879. The van der Waals surface area contributed by atoms with E-state index >= 15 is 0 Å². The first kappa shape index (κ1) is 10.1. The number of pyridine rings is 1. The number of hydrogen-bond acceptors (Lipinski definition) is 2. The van der Waals surface area contributed by atoms with Crippen molar-refractivity contribution in [3.05, 3.63) is 48.5 Å². The van der Waals surface area contributed by atoms with Crippen LogP contribution in [0.4, 0.5) is 0 Å². The second-order valence-corrected chi connectivity index (χ2v) is 5.22. The molecule has 20 heavy (non-hydrogen) atoms. The molecule has 0 aromatic carbocycles. The predicted octanol–water partition coefficient (Wildman–Crippen LogP) is 1.54. The van der Waals surface area contributed by atoms with Crippen LogP contribution in [0.15, 0.2) is 43.0 Å². The van der Waals surface area contributed by atoms with E-state index in [2.05, 4.69) is 44.6 Å². The van der Waals surface area contributed by atoms with Crippen molar-refractivity contribution in [2.75, 3.05) is 0 Å². The quantitative estimate of drug-likeness (QED) is 0.397. The molecule has 1 aliphatic rings. The Morgan fingerprint density at radius 1 is 1.20 bits per heavy atom. The van der Waals surface area contributed by atoms with Gasteiger partial charge in [-0.25, -0.2) is 13.6 Å². The third kappa shape index (κ3) is 1.02. The van der Waals surface area contributed by atoms with Crippen LogP contribution in [0.3, 0.4) is 0 Å². The second-order valence-electron chi connectivity index (χ2n) is 5.22. The number of hydrogen-bond donors (Lipinski definition) is 0. The van der Waals surface area contributed by atoms with E-state index in [1.807, 2.05) is 29.2 Å². The van der Waals surface area contributed by atoms with Crippen LogP contribution in [-0.2, 0) is 13.6 Å². The van der Waals surface area contributed by atoms with Gasteiger partial charge >= 0.3 is 0 Å². The maximum atomic E-state index is 4.38. The molecule has 0 radical (unpaired) electrons. The molecular weight excluding hydrogens is 250 g/mol. The highest BCUT2D eigenvalue weighted by molar-refractivity contribution is 5.91. The lowest BCUT2D eigenvalue weighted by molar-refractivity contribution is -0.645. The first-order valence-corrected chi connectivity index (χ1v) is 6.62. The van der Waals surface area contributed by atoms with Gasteiger partial charge in [-0.2, -0.15) is 5.10 Å². The molecule has 5 heterocycles. The van der Waals surface area contributed by atoms with Crippen molar-refractivity contribution < 1.29 is 4.57 Å². The summed E-state index contributed by atoms with van der Waals surface area (Å²) in [5.74, 6) is 1.25. The fourth-order valence-corrected chi connectivity index (χ4v) is 3.33. The lowest BCUT2D eigenvalue weighted by Crippen LogP contribution is -2.31. The van der Waals surface area contributed by atoms with Crippen LogP contribution in [-0.4, -0.2) is 19.2 Å². The van der Waals surface area contributed by atoms with Gasteiger partial charge in [0.05, 0.1) is 18.8 Å². The van der Waals surface area contributed by atoms with Crippen LogP contribution < -0.4 is 4.57 Å². The first-order chi connectivity index (χ1) is 9.84. The summed E-state index contributed by atoms with van der Waals surface area (Å²) in [6.07, 6.45) is 7.73. The van der Waals surface area contributed by atoms with Crippen LogP contribution in [0.1, 0.15) is 5.56 Å². The van der Waals surface area contributed by atoms with Gasteiger partial charge in [-0.1, -0.05) is 0 Å². The Balaban J connectivity index is 1.99. The molecule has 0 aliphatic carbocycles. The normalized spacial score (nSPS) is 13.1. The molecule has 4 aromatic rings. The number of aromatic nitrogens is 5. The number of aryl methyl sites for hydroxylation is 1. The standard InChI is InChI=1S/C15H12N5/c1-18-13-9-20-12(3-2-5-17-20)14(13)19-8-10-7-16-6-4-11(10)15(18)19/h2-7,9H,8H2,1H3/q+1. The first-order valence-electron chi connectivity index (χ1n) is 6.62. The van der Waals surface area contributed by atoms with E-state index in [-0.39, 0.29) is 0 Å². The van der Waals surface area contributed by atoms with Crippen LogP contribution in [0.5, 0.6) is 0 Å². The summed E-state index contributed by atoms with van der Waals surface area (Å²) >= 11 is 0. The summed E-state index contributed by atoms with van der Waals surface area (Å²) in [4.78, 5) is 4.24. The Kier molecular flexibility index (Phi) is 1.65. The summed E-state index contributed by atoms with van der Waals surface area (Å²) in [7, 11) is 2.11.